The monoisotopic (exact) mass is 340 g/mol. The van der Waals surface area contributed by atoms with E-state index in [1.165, 1.54) is 30.3 Å². The summed E-state index contributed by atoms with van der Waals surface area (Å²) in [6.45, 7) is -0.0202. The van der Waals surface area contributed by atoms with Crippen LogP contribution in [-0.2, 0) is 11.3 Å². The lowest BCUT2D eigenvalue weighted by Gasteiger charge is -2.16. The second-order valence-electron chi connectivity index (χ2n) is 5.71. The number of H-pyrrole nitrogens is 1. The van der Waals surface area contributed by atoms with Crippen molar-refractivity contribution in [2.45, 2.75) is 6.61 Å². The van der Waals surface area contributed by atoms with Crippen molar-refractivity contribution in [2.75, 3.05) is 13.6 Å². The van der Waals surface area contributed by atoms with E-state index in [1.807, 2.05) is 30.3 Å². The van der Waals surface area contributed by atoms with Gasteiger partial charge < -0.3 is 14.6 Å². The number of halogens is 1. The third kappa shape index (κ3) is 3.85. The number of Topliss-reactive ketones (excluding diaryl/α,β-unsaturated/α-hetero) is 1. The molecule has 0 aliphatic rings. The summed E-state index contributed by atoms with van der Waals surface area (Å²) in [6.07, 6.45) is 0.929. The van der Waals surface area contributed by atoms with Crippen LogP contribution in [0.3, 0.4) is 0 Å². The molecule has 0 fully saturated rings. The zero-order valence-electron chi connectivity index (χ0n) is 13.7. The second-order valence-corrected chi connectivity index (χ2v) is 5.71. The fraction of sp³-hybridized carbons (Fsp3) is 0.158. The van der Waals surface area contributed by atoms with E-state index in [0.717, 1.165) is 5.56 Å². The number of carbonyl (C=O) groups excluding carboxylic acids is 2. The number of likely N-dealkylation sites (N-methyl/N-ethyl adjacent to an activating group) is 1. The summed E-state index contributed by atoms with van der Waals surface area (Å²) in [5.74, 6) is -0.715. The number of amides is 1. The van der Waals surface area contributed by atoms with Crippen LogP contribution in [0.15, 0.2) is 54.7 Å². The van der Waals surface area contributed by atoms with Crippen molar-refractivity contribution in [3.8, 4) is 0 Å². The highest BCUT2D eigenvalue weighted by atomic mass is 19.1. The van der Waals surface area contributed by atoms with Crippen LogP contribution in [0.2, 0.25) is 0 Å². The lowest BCUT2D eigenvalue weighted by molar-refractivity contribution is 0.0851. The number of ether oxygens (including phenoxy) is 1. The molecule has 0 bridgehead atoms. The van der Waals surface area contributed by atoms with Crippen LogP contribution < -0.4 is 0 Å². The maximum absolute atomic E-state index is 13.4. The first-order valence-corrected chi connectivity index (χ1v) is 7.76. The molecule has 0 saturated carbocycles. The molecule has 1 heterocycles. The van der Waals surface area contributed by atoms with E-state index < -0.39 is 11.9 Å². The van der Waals surface area contributed by atoms with Crippen LogP contribution in [0.4, 0.5) is 9.18 Å². The first kappa shape index (κ1) is 16.7. The molecule has 3 rings (SSSR count). The summed E-state index contributed by atoms with van der Waals surface area (Å²) in [5.41, 5.74) is 1.87. The number of fused-ring (bicyclic) bond motifs is 1. The Kier molecular flexibility index (Phi) is 4.79. The summed E-state index contributed by atoms with van der Waals surface area (Å²) in [5, 5.41) is 0.496. The Hall–Kier alpha value is -3.15. The van der Waals surface area contributed by atoms with Gasteiger partial charge in [-0.3, -0.25) is 4.79 Å². The fourth-order valence-corrected chi connectivity index (χ4v) is 2.52. The number of benzene rings is 2. The maximum atomic E-state index is 13.4. The first-order valence-electron chi connectivity index (χ1n) is 7.76. The van der Waals surface area contributed by atoms with E-state index in [-0.39, 0.29) is 18.9 Å². The van der Waals surface area contributed by atoms with Crippen molar-refractivity contribution >= 4 is 22.8 Å². The average molecular weight is 340 g/mol. The molecule has 0 aliphatic heterocycles. The van der Waals surface area contributed by atoms with Gasteiger partial charge in [0.1, 0.15) is 12.4 Å². The van der Waals surface area contributed by atoms with Gasteiger partial charge in [0.05, 0.1) is 6.54 Å². The lowest BCUT2D eigenvalue weighted by Crippen LogP contribution is -2.32. The van der Waals surface area contributed by atoms with Crippen molar-refractivity contribution < 1.29 is 18.7 Å². The number of hydrogen-bond donors (Lipinski definition) is 1. The summed E-state index contributed by atoms with van der Waals surface area (Å²) in [6, 6.07) is 13.5. The van der Waals surface area contributed by atoms with Gasteiger partial charge >= 0.3 is 6.09 Å². The molecule has 25 heavy (non-hydrogen) atoms. The Balaban J connectivity index is 1.63. The highest BCUT2D eigenvalue weighted by molar-refractivity contribution is 6.09. The smallest absolute Gasteiger partial charge is 0.410 e. The Morgan fingerprint density at radius 2 is 1.92 bits per heavy atom. The lowest BCUT2D eigenvalue weighted by atomic mass is 10.1. The molecule has 128 valence electrons. The van der Waals surface area contributed by atoms with Crippen LogP contribution in [0.1, 0.15) is 15.9 Å². The molecule has 1 N–H and O–H groups in total. The normalized spacial score (nSPS) is 10.6. The minimum atomic E-state index is -0.594. The number of ketones is 1. The minimum Gasteiger partial charge on any atom is -0.445 e. The number of rotatable bonds is 5. The molecule has 1 amide bonds. The third-order valence-electron chi connectivity index (χ3n) is 3.84. The van der Waals surface area contributed by atoms with Crippen LogP contribution in [0, 0.1) is 5.82 Å². The summed E-state index contributed by atoms with van der Waals surface area (Å²) >= 11 is 0. The van der Waals surface area contributed by atoms with Crippen molar-refractivity contribution in [2.24, 2.45) is 0 Å². The topological polar surface area (TPSA) is 62.4 Å². The van der Waals surface area contributed by atoms with E-state index in [0.29, 0.717) is 16.5 Å². The van der Waals surface area contributed by atoms with Gasteiger partial charge in [-0.2, -0.15) is 0 Å². The molecule has 0 saturated heterocycles. The minimum absolute atomic E-state index is 0.135. The van der Waals surface area contributed by atoms with Crippen molar-refractivity contribution in [1.82, 2.24) is 9.88 Å². The number of aromatic amines is 1. The van der Waals surface area contributed by atoms with Crippen LogP contribution in [-0.4, -0.2) is 35.4 Å². The Morgan fingerprint density at radius 1 is 1.16 bits per heavy atom. The van der Waals surface area contributed by atoms with E-state index in [1.54, 1.807) is 6.07 Å². The van der Waals surface area contributed by atoms with Gasteiger partial charge in [-0.05, 0) is 23.8 Å². The van der Waals surface area contributed by atoms with Crippen molar-refractivity contribution in [3.05, 3.63) is 71.7 Å². The summed E-state index contributed by atoms with van der Waals surface area (Å²) < 4.78 is 18.6. The molecule has 6 heteroatoms. The Bertz CT molecular complexity index is 905. The predicted octanol–water partition coefficient (Wildman–Crippen LogP) is 3.76. The third-order valence-corrected chi connectivity index (χ3v) is 3.84. The number of hydrogen-bond acceptors (Lipinski definition) is 3. The quantitative estimate of drug-likeness (QED) is 0.719. The molecule has 0 radical (unpaired) electrons. The molecule has 0 aliphatic carbocycles. The van der Waals surface area contributed by atoms with E-state index >= 15 is 0 Å². The van der Waals surface area contributed by atoms with E-state index in [4.69, 9.17) is 4.74 Å². The van der Waals surface area contributed by atoms with Crippen molar-refractivity contribution in [1.29, 1.82) is 0 Å². The largest absolute Gasteiger partial charge is 0.445 e. The maximum Gasteiger partial charge on any atom is 0.410 e. The van der Waals surface area contributed by atoms with E-state index in [2.05, 4.69) is 4.98 Å². The SMILES string of the molecule is CN(CC(=O)c1c[nH]c2ccc(F)cc12)C(=O)OCc1ccccc1. The van der Waals surface area contributed by atoms with Gasteiger partial charge in [0.2, 0.25) is 0 Å². The first-order chi connectivity index (χ1) is 12.0. The number of carbonyl (C=O) groups is 2. The standard InChI is InChI=1S/C19H17FN2O3/c1-22(19(24)25-12-13-5-3-2-4-6-13)11-18(23)16-10-21-17-8-7-14(20)9-15(16)17/h2-10,21H,11-12H2,1H3. The molecule has 3 aromatic rings. The molecule has 5 nitrogen and oxygen atoms in total. The Morgan fingerprint density at radius 3 is 2.68 bits per heavy atom. The number of nitrogens with zero attached hydrogens (tertiary/aromatic N) is 1. The van der Waals surface area contributed by atoms with Gasteiger partial charge in [0, 0.05) is 29.7 Å². The summed E-state index contributed by atoms with van der Waals surface area (Å²) in [4.78, 5) is 28.6. The predicted molar refractivity (Wildman–Crippen MR) is 91.8 cm³/mol. The highest BCUT2D eigenvalue weighted by Gasteiger charge is 2.18. The van der Waals surface area contributed by atoms with Gasteiger partial charge in [0.15, 0.2) is 5.78 Å². The molecule has 0 unspecified atom stereocenters. The molecular weight excluding hydrogens is 323 g/mol. The Labute approximate surface area is 144 Å². The molecule has 0 atom stereocenters. The van der Waals surface area contributed by atoms with Gasteiger partial charge in [-0.25, -0.2) is 9.18 Å². The zero-order valence-corrected chi connectivity index (χ0v) is 13.7. The zero-order chi connectivity index (χ0) is 17.8. The molecule has 1 aromatic heterocycles. The average Bonchev–Trinajstić information content (AvgIpc) is 3.03. The van der Waals surface area contributed by atoms with Gasteiger partial charge in [0.25, 0.3) is 0 Å². The highest BCUT2D eigenvalue weighted by Crippen LogP contribution is 2.20. The number of nitrogens with one attached hydrogen (secondary N) is 1. The van der Waals surface area contributed by atoms with Crippen LogP contribution in [0.25, 0.3) is 10.9 Å². The van der Waals surface area contributed by atoms with E-state index in [9.17, 15) is 14.0 Å². The molecular formula is C19H17FN2O3. The summed E-state index contributed by atoms with van der Waals surface area (Å²) in [7, 11) is 1.49. The van der Waals surface area contributed by atoms with Crippen LogP contribution in [0.5, 0.6) is 0 Å². The fourth-order valence-electron chi connectivity index (χ4n) is 2.52. The van der Waals surface area contributed by atoms with Gasteiger partial charge in [-0.1, -0.05) is 30.3 Å². The van der Waals surface area contributed by atoms with Gasteiger partial charge in [-0.15, -0.1) is 0 Å². The second kappa shape index (κ2) is 7.17. The number of aromatic nitrogens is 1. The molecule has 0 spiro atoms. The van der Waals surface area contributed by atoms with Crippen LogP contribution >= 0.6 is 0 Å². The van der Waals surface area contributed by atoms with Crippen molar-refractivity contribution in [3.63, 3.8) is 0 Å². The molecule has 2 aromatic carbocycles.